The summed E-state index contributed by atoms with van der Waals surface area (Å²) in [4.78, 5) is 47.5. The predicted octanol–water partition coefficient (Wildman–Crippen LogP) is 1.44. The number of piperidine rings is 1. The first-order valence-electron chi connectivity index (χ1n) is 9.12. The second kappa shape index (κ2) is 7.23. The average Bonchev–Trinajstić information content (AvgIpc) is 3.39. The fraction of sp³-hybridized carbons (Fsp3) is 0.368. The molecular weight excluding hydrogens is 378 g/mol. The Kier molecular flexibility index (Phi) is 4.76. The lowest BCUT2D eigenvalue weighted by Gasteiger charge is -2.31. The van der Waals surface area contributed by atoms with Crippen LogP contribution < -0.4 is 11.2 Å². The molecule has 1 fully saturated rings. The van der Waals surface area contributed by atoms with Gasteiger partial charge in [0.05, 0.1) is 0 Å². The van der Waals surface area contributed by atoms with Gasteiger partial charge >= 0.3 is 5.69 Å². The number of fused-ring (bicyclic) bond motifs is 1. The molecule has 1 N–H and O–H groups in total. The normalized spacial score (nSPS) is 17.6. The van der Waals surface area contributed by atoms with Crippen LogP contribution in [-0.4, -0.2) is 43.0 Å². The van der Waals surface area contributed by atoms with E-state index in [1.165, 1.54) is 11.6 Å². The maximum Gasteiger partial charge on any atom is 0.332 e. The van der Waals surface area contributed by atoms with E-state index in [9.17, 15) is 14.4 Å². The van der Waals surface area contributed by atoms with E-state index in [1.54, 1.807) is 24.5 Å². The fourth-order valence-corrected chi connectivity index (χ4v) is 4.20. The van der Waals surface area contributed by atoms with Crippen LogP contribution in [0.1, 0.15) is 29.5 Å². The Bertz CT molecular complexity index is 1170. The van der Waals surface area contributed by atoms with Gasteiger partial charge in [0.1, 0.15) is 11.3 Å². The van der Waals surface area contributed by atoms with E-state index >= 15 is 0 Å². The second-order valence-electron chi connectivity index (χ2n) is 7.00. The van der Waals surface area contributed by atoms with Crippen molar-refractivity contribution >= 4 is 34.5 Å². The second-order valence-corrected chi connectivity index (χ2v) is 7.98. The predicted molar refractivity (Wildman–Crippen MR) is 108 cm³/mol. The van der Waals surface area contributed by atoms with Gasteiger partial charge in [0, 0.05) is 44.1 Å². The van der Waals surface area contributed by atoms with E-state index in [2.05, 4.69) is 9.97 Å². The van der Waals surface area contributed by atoms with Crippen molar-refractivity contribution in [3.8, 4) is 0 Å². The molecule has 146 valence electrons. The molecule has 1 unspecified atom stereocenters. The number of hydrogen-bond donors (Lipinski definition) is 1. The van der Waals surface area contributed by atoms with Crippen molar-refractivity contribution in [3.05, 3.63) is 55.1 Å². The number of nitrogens with one attached hydrogen (secondary N) is 1. The average molecular weight is 399 g/mol. The molecule has 0 aliphatic carbocycles. The highest BCUT2D eigenvalue weighted by Crippen LogP contribution is 2.26. The molecule has 1 saturated heterocycles. The zero-order valence-corrected chi connectivity index (χ0v) is 16.5. The summed E-state index contributed by atoms with van der Waals surface area (Å²) < 4.78 is 2.43. The Morgan fingerprint density at radius 3 is 2.89 bits per heavy atom. The van der Waals surface area contributed by atoms with Crippen LogP contribution in [-0.2, 0) is 18.9 Å². The standard InChI is InChI=1S/C19H21N5O3S/c1-22-17-15(18(26)23(2)19(22)27)20-16(21-17)12-5-3-9-24(11-12)14(25)8-7-13-6-4-10-28-13/h4,6-8,10,12H,3,5,9,11H2,1-2H3,(H,20,21)/b8-7+. The van der Waals surface area contributed by atoms with Crippen molar-refractivity contribution in [1.29, 1.82) is 0 Å². The molecule has 9 heteroatoms. The third-order valence-electron chi connectivity index (χ3n) is 5.17. The molecule has 28 heavy (non-hydrogen) atoms. The molecule has 0 radical (unpaired) electrons. The number of amides is 1. The number of aryl methyl sites for hydroxylation is 1. The van der Waals surface area contributed by atoms with Crippen molar-refractivity contribution in [2.24, 2.45) is 14.1 Å². The summed E-state index contributed by atoms with van der Waals surface area (Å²) in [6.45, 7) is 1.23. The van der Waals surface area contributed by atoms with Gasteiger partial charge in [-0.3, -0.25) is 18.7 Å². The molecule has 1 amide bonds. The molecule has 0 saturated carbocycles. The minimum absolute atomic E-state index is 0.0000425. The van der Waals surface area contributed by atoms with Crippen LogP contribution in [0, 0.1) is 0 Å². The summed E-state index contributed by atoms with van der Waals surface area (Å²) in [6, 6.07) is 3.91. The van der Waals surface area contributed by atoms with Gasteiger partial charge in [-0.1, -0.05) is 6.07 Å². The molecule has 0 bridgehead atoms. The summed E-state index contributed by atoms with van der Waals surface area (Å²) in [6.07, 6.45) is 5.16. The van der Waals surface area contributed by atoms with Crippen LogP contribution in [0.3, 0.4) is 0 Å². The summed E-state index contributed by atoms with van der Waals surface area (Å²) in [7, 11) is 3.05. The molecule has 0 aromatic carbocycles. The van der Waals surface area contributed by atoms with Gasteiger partial charge in [0.25, 0.3) is 5.56 Å². The number of hydrogen-bond acceptors (Lipinski definition) is 5. The van der Waals surface area contributed by atoms with E-state index in [0.29, 0.717) is 30.1 Å². The smallest absolute Gasteiger partial charge is 0.332 e. The SMILES string of the molecule is Cn1c(=O)c2[nH]c(C3CCCN(C(=O)/C=C/c4cccs4)C3)nc2n(C)c1=O. The van der Waals surface area contributed by atoms with E-state index in [4.69, 9.17) is 0 Å². The summed E-state index contributed by atoms with van der Waals surface area (Å²) in [5.74, 6) is 0.616. The molecule has 3 aromatic heterocycles. The number of carbonyl (C=O) groups excluding carboxylic acids is 1. The van der Waals surface area contributed by atoms with Crippen LogP contribution in [0.2, 0.25) is 0 Å². The fourth-order valence-electron chi connectivity index (χ4n) is 3.58. The quantitative estimate of drug-likeness (QED) is 0.675. The van der Waals surface area contributed by atoms with E-state index < -0.39 is 5.69 Å². The number of imidazole rings is 1. The zero-order valence-electron chi connectivity index (χ0n) is 15.7. The summed E-state index contributed by atoms with van der Waals surface area (Å²) in [5, 5.41) is 1.97. The Morgan fingerprint density at radius 2 is 2.14 bits per heavy atom. The molecule has 1 aliphatic heterocycles. The largest absolute Gasteiger partial charge is 0.338 e. The van der Waals surface area contributed by atoms with Crippen LogP contribution in [0.4, 0.5) is 0 Å². The Morgan fingerprint density at radius 1 is 1.32 bits per heavy atom. The van der Waals surface area contributed by atoms with Gasteiger partial charge < -0.3 is 9.88 Å². The highest BCUT2D eigenvalue weighted by Gasteiger charge is 2.27. The molecular formula is C19H21N5O3S. The molecule has 8 nitrogen and oxygen atoms in total. The number of thiophene rings is 1. The third kappa shape index (κ3) is 3.22. The van der Waals surface area contributed by atoms with Crippen molar-refractivity contribution in [3.63, 3.8) is 0 Å². The first kappa shape index (κ1) is 18.4. The van der Waals surface area contributed by atoms with Crippen molar-refractivity contribution < 1.29 is 4.79 Å². The number of aromatic amines is 1. The topological polar surface area (TPSA) is 93.0 Å². The highest BCUT2D eigenvalue weighted by atomic mass is 32.1. The third-order valence-corrected chi connectivity index (χ3v) is 6.00. The number of aromatic nitrogens is 4. The lowest BCUT2D eigenvalue weighted by atomic mass is 9.97. The Labute approximate surface area is 164 Å². The van der Waals surface area contributed by atoms with Gasteiger partial charge in [0.2, 0.25) is 5.91 Å². The molecule has 1 atom stereocenters. The number of carbonyl (C=O) groups is 1. The number of H-pyrrole nitrogens is 1. The lowest BCUT2D eigenvalue weighted by Crippen LogP contribution is -2.38. The van der Waals surface area contributed by atoms with Crippen LogP contribution >= 0.6 is 11.3 Å². The van der Waals surface area contributed by atoms with Crippen molar-refractivity contribution in [2.75, 3.05) is 13.1 Å². The molecule has 4 rings (SSSR count). The molecule has 1 aliphatic rings. The summed E-state index contributed by atoms with van der Waals surface area (Å²) >= 11 is 1.58. The lowest BCUT2D eigenvalue weighted by molar-refractivity contribution is -0.127. The summed E-state index contributed by atoms with van der Waals surface area (Å²) in [5.41, 5.74) is -0.126. The number of rotatable bonds is 3. The first-order valence-corrected chi connectivity index (χ1v) is 10.00. The van der Waals surface area contributed by atoms with Crippen molar-refractivity contribution in [2.45, 2.75) is 18.8 Å². The molecule has 0 spiro atoms. The zero-order chi connectivity index (χ0) is 19.8. The minimum Gasteiger partial charge on any atom is -0.338 e. The van der Waals surface area contributed by atoms with Crippen LogP contribution in [0.15, 0.2) is 33.2 Å². The van der Waals surface area contributed by atoms with E-state index in [1.807, 2.05) is 28.5 Å². The monoisotopic (exact) mass is 399 g/mol. The minimum atomic E-state index is -0.408. The highest BCUT2D eigenvalue weighted by molar-refractivity contribution is 7.10. The maximum absolute atomic E-state index is 12.6. The van der Waals surface area contributed by atoms with E-state index in [0.717, 1.165) is 22.3 Å². The Hall–Kier alpha value is -2.94. The van der Waals surface area contributed by atoms with Gasteiger partial charge in [-0.25, -0.2) is 9.78 Å². The van der Waals surface area contributed by atoms with Gasteiger partial charge in [-0.15, -0.1) is 11.3 Å². The van der Waals surface area contributed by atoms with Crippen LogP contribution in [0.25, 0.3) is 17.2 Å². The van der Waals surface area contributed by atoms with Crippen molar-refractivity contribution in [1.82, 2.24) is 24.0 Å². The number of nitrogens with zero attached hydrogens (tertiary/aromatic N) is 4. The molecule has 3 aromatic rings. The van der Waals surface area contributed by atoms with Gasteiger partial charge in [0.15, 0.2) is 5.65 Å². The number of likely N-dealkylation sites (tertiary alicyclic amines) is 1. The van der Waals surface area contributed by atoms with E-state index in [-0.39, 0.29) is 17.4 Å². The van der Waals surface area contributed by atoms with Gasteiger partial charge in [-0.2, -0.15) is 0 Å². The Balaban J connectivity index is 1.59. The van der Waals surface area contributed by atoms with Gasteiger partial charge in [-0.05, 0) is 30.4 Å². The maximum atomic E-state index is 12.6. The first-order chi connectivity index (χ1) is 13.5. The molecule has 4 heterocycles. The van der Waals surface area contributed by atoms with Crippen LogP contribution in [0.5, 0.6) is 0 Å².